The number of amides is 2. The number of nitrogens with zero attached hydrogens (tertiary/aromatic N) is 1. The smallest absolute Gasteiger partial charge is 0.329 e. The standard InChI is InChI=1S/C26H26ClN3O4/c1-4-33-24-14-19(10-12-23(24)34-16-20-7-5-6-8-21(20)27)15-28-30-26(32)25(31)29-22-11-9-17(2)13-18(22)3/h5-15H,4,16H2,1-3H3,(H,29,31)(H,30,32)/b28-15+. The van der Waals surface area contributed by atoms with E-state index in [-0.39, 0.29) is 0 Å². The van der Waals surface area contributed by atoms with Crippen LogP contribution in [0.2, 0.25) is 5.02 Å². The minimum absolute atomic E-state index is 0.290. The molecule has 0 atom stereocenters. The summed E-state index contributed by atoms with van der Waals surface area (Å²) in [5.74, 6) is -0.600. The molecule has 0 heterocycles. The van der Waals surface area contributed by atoms with Crippen molar-refractivity contribution in [3.05, 3.63) is 87.9 Å². The average Bonchev–Trinajstić information content (AvgIpc) is 2.81. The van der Waals surface area contributed by atoms with E-state index in [1.54, 1.807) is 30.3 Å². The lowest BCUT2D eigenvalue weighted by Crippen LogP contribution is -2.32. The fourth-order valence-electron chi connectivity index (χ4n) is 3.11. The minimum Gasteiger partial charge on any atom is -0.490 e. The Morgan fingerprint density at radius 1 is 0.971 bits per heavy atom. The van der Waals surface area contributed by atoms with Gasteiger partial charge in [0.15, 0.2) is 11.5 Å². The number of hydrogen-bond acceptors (Lipinski definition) is 5. The van der Waals surface area contributed by atoms with Gasteiger partial charge in [0.05, 0.1) is 12.8 Å². The van der Waals surface area contributed by atoms with E-state index in [0.29, 0.717) is 41.0 Å². The third kappa shape index (κ3) is 6.83. The van der Waals surface area contributed by atoms with Crippen molar-refractivity contribution in [2.45, 2.75) is 27.4 Å². The fourth-order valence-corrected chi connectivity index (χ4v) is 3.30. The molecule has 3 rings (SSSR count). The summed E-state index contributed by atoms with van der Waals surface area (Å²) in [6, 6.07) is 18.2. The Bertz CT molecular complexity index is 1210. The van der Waals surface area contributed by atoms with Gasteiger partial charge in [-0.15, -0.1) is 0 Å². The number of anilines is 1. The Labute approximate surface area is 203 Å². The SMILES string of the molecule is CCOc1cc(/C=N/NC(=O)C(=O)Nc2ccc(C)cc2C)ccc1OCc1ccccc1Cl. The highest BCUT2D eigenvalue weighted by atomic mass is 35.5. The molecule has 0 fully saturated rings. The van der Waals surface area contributed by atoms with Crippen molar-refractivity contribution in [3.8, 4) is 11.5 Å². The number of rotatable bonds is 8. The molecular formula is C26H26ClN3O4. The number of halogens is 1. The zero-order valence-electron chi connectivity index (χ0n) is 19.2. The van der Waals surface area contributed by atoms with Crippen molar-refractivity contribution < 1.29 is 19.1 Å². The zero-order valence-corrected chi connectivity index (χ0v) is 20.0. The first-order valence-corrected chi connectivity index (χ1v) is 11.1. The van der Waals surface area contributed by atoms with E-state index >= 15 is 0 Å². The quantitative estimate of drug-likeness (QED) is 0.269. The number of nitrogens with one attached hydrogen (secondary N) is 2. The van der Waals surface area contributed by atoms with Crippen LogP contribution in [0.5, 0.6) is 11.5 Å². The number of hydrazone groups is 1. The number of carbonyl (C=O) groups excluding carboxylic acids is 2. The summed E-state index contributed by atoms with van der Waals surface area (Å²) < 4.78 is 11.6. The average molecular weight is 480 g/mol. The first kappa shape index (κ1) is 24.8. The minimum atomic E-state index is -0.874. The van der Waals surface area contributed by atoms with Crippen LogP contribution in [0, 0.1) is 13.8 Å². The summed E-state index contributed by atoms with van der Waals surface area (Å²) in [6.45, 7) is 6.41. The molecule has 2 N–H and O–H groups in total. The second-order valence-electron chi connectivity index (χ2n) is 7.49. The molecule has 0 unspecified atom stereocenters. The third-order valence-corrected chi connectivity index (χ3v) is 5.19. The highest BCUT2D eigenvalue weighted by Crippen LogP contribution is 2.29. The highest BCUT2D eigenvalue weighted by molar-refractivity contribution is 6.39. The van der Waals surface area contributed by atoms with E-state index in [1.807, 2.05) is 51.1 Å². The molecule has 0 aliphatic heterocycles. The van der Waals surface area contributed by atoms with Crippen LogP contribution < -0.4 is 20.2 Å². The van der Waals surface area contributed by atoms with Gasteiger partial charge in [-0.2, -0.15) is 5.10 Å². The van der Waals surface area contributed by atoms with Crippen LogP contribution in [-0.2, 0) is 16.2 Å². The van der Waals surface area contributed by atoms with Crippen LogP contribution in [0.1, 0.15) is 29.2 Å². The number of benzene rings is 3. The van der Waals surface area contributed by atoms with Gasteiger partial charge in [-0.1, -0.05) is 47.5 Å². The maximum absolute atomic E-state index is 12.1. The first-order valence-electron chi connectivity index (χ1n) is 10.7. The first-order chi connectivity index (χ1) is 16.4. The molecule has 0 radical (unpaired) electrons. The summed E-state index contributed by atoms with van der Waals surface area (Å²) in [5.41, 5.74) is 6.25. The third-order valence-electron chi connectivity index (χ3n) is 4.82. The molecule has 0 aliphatic carbocycles. The van der Waals surface area contributed by atoms with Crippen molar-refractivity contribution in [1.29, 1.82) is 0 Å². The van der Waals surface area contributed by atoms with Crippen LogP contribution in [-0.4, -0.2) is 24.6 Å². The van der Waals surface area contributed by atoms with E-state index in [1.165, 1.54) is 6.21 Å². The molecular weight excluding hydrogens is 454 g/mol. The van der Waals surface area contributed by atoms with E-state index in [9.17, 15) is 9.59 Å². The Balaban J connectivity index is 1.61. The fraction of sp³-hybridized carbons (Fsp3) is 0.192. The molecule has 34 heavy (non-hydrogen) atoms. The second-order valence-corrected chi connectivity index (χ2v) is 7.90. The van der Waals surface area contributed by atoms with Gasteiger partial charge in [-0.3, -0.25) is 9.59 Å². The monoisotopic (exact) mass is 479 g/mol. The zero-order chi connectivity index (χ0) is 24.5. The van der Waals surface area contributed by atoms with E-state index in [2.05, 4.69) is 15.8 Å². The number of hydrogen-bond donors (Lipinski definition) is 2. The van der Waals surface area contributed by atoms with Crippen LogP contribution in [0.15, 0.2) is 65.8 Å². The summed E-state index contributed by atoms with van der Waals surface area (Å²) in [5, 5.41) is 7.08. The Morgan fingerprint density at radius 2 is 1.76 bits per heavy atom. The van der Waals surface area contributed by atoms with E-state index < -0.39 is 11.8 Å². The molecule has 0 bridgehead atoms. The van der Waals surface area contributed by atoms with Crippen LogP contribution in [0.25, 0.3) is 0 Å². The normalized spacial score (nSPS) is 10.7. The van der Waals surface area contributed by atoms with Gasteiger partial charge >= 0.3 is 11.8 Å². The van der Waals surface area contributed by atoms with Crippen molar-refractivity contribution in [2.75, 3.05) is 11.9 Å². The van der Waals surface area contributed by atoms with Crippen LogP contribution in [0.4, 0.5) is 5.69 Å². The molecule has 8 heteroatoms. The van der Waals surface area contributed by atoms with Crippen molar-refractivity contribution in [1.82, 2.24) is 5.43 Å². The second kappa shape index (κ2) is 11.9. The molecule has 0 saturated heterocycles. The predicted molar refractivity (Wildman–Crippen MR) is 134 cm³/mol. The van der Waals surface area contributed by atoms with Crippen molar-refractivity contribution >= 4 is 35.3 Å². The maximum Gasteiger partial charge on any atom is 0.329 e. The van der Waals surface area contributed by atoms with Gasteiger partial charge in [-0.05, 0) is 62.2 Å². The lowest BCUT2D eigenvalue weighted by atomic mass is 10.1. The molecule has 0 saturated carbocycles. The predicted octanol–water partition coefficient (Wildman–Crippen LogP) is 5.02. The Kier molecular flexibility index (Phi) is 8.65. The summed E-state index contributed by atoms with van der Waals surface area (Å²) in [6.07, 6.45) is 1.42. The molecule has 0 aliphatic rings. The largest absolute Gasteiger partial charge is 0.490 e. The van der Waals surface area contributed by atoms with Gasteiger partial charge in [-0.25, -0.2) is 5.43 Å². The molecule has 176 valence electrons. The van der Waals surface area contributed by atoms with Gasteiger partial charge in [0.1, 0.15) is 6.61 Å². The van der Waals surface area contributed by atoms with Crippen molar-refractivity contribution in [2.24, 2.45) is 5.10 Å². The van der Waals surface area contributed by atoms with E-state index in [0.717, 1.165) is 16.7 Å². The van der Waals surface area contributed by atoms with E-state index in [4.69, 9.17) is 21.1 Å². The molecule has 7 nitrogen and oxygen atoms in total. The number of aryl methyl sites for hydroxylation is 2. The van der Waals surface area contributed by atoms with Gasteiger partial charge in [0.2, 0.25) is 0 Å². The molecule has 3 aromatic carbocycles. The summed E-state index contributed by atoms with van der Waals surface area (Å²) in [4.78, 5) is 24.2. The molecule has 0 spiro atoms. The topological polar surface area (TPSA) is 89.0 Å². The molecule has 3 aromatic rings. The van der Waals surface area contributed by atoms with Crippen LogP contribution >= 0.6 is 11.6 Å². The Hall–Kier alpha value is -3.84. The number of ether oxygens (including phenoxy) is 2. The molecule has 2 amide bonds. The molecule has 0 aromatic heterocycles. The number of carbonyl (C=O) groups is 2. The maximum atomic E-state index is 12.1. The van der Waals surface area contributed by atoms with Gasteiger partial charge in [0.25, 0.3) is 0 Å². The van der Waals surface area contributed by atoms with Gasteiger partial charge in [0, 0.05) is 16.3 Å². The lowest BCUT2D eigenvalue weighted by Gasteiger charge is -2.13. The van der Waals surface area contributed by atoms with Crippen molar-refractivity contribution in [3.63, 3.8) is 0 Å². The van der Waals surface area contributed by atoms with Gasteiger partial charge < -0.3 is 14.8 Å². The summed E-state index contributed by atoms with van der Waals surface area (Å²) >= 11 is 6.19. The lowest BCUT2D eigenvalue weighted by molar-refractivity contribution is -0.136. The summed E-state index contributed by atoms with van der Waals surface area (Å²) in [7, 11) is 0. The van der Waals surface area contributed by atoms with Crippen LogP contribution in [0.3, 0.4) is 0 Å². The highest BCUT2D eigenvalue weighted by Gasteiger charge is 2.14. The Morgan fingerprint density at radius 3 is 2.50 bits per heavy atom.